The van der Waals surface area contributed by atoms with Crippen LogP contribution in [0.5, 0.6) is 0 Å². The van der Waals surface area contributed by atoms with Crippen molar-refractivity contribution in [3.05, 3.63) is 57.8 Å². The molecular formula is C13H7Cl2FO. The van der Waals surface area contributed by atoms with Gasteiger partial charge in [-0.1, -0.05) is 29.3 Å². The van der Waals surface area contributed by atoms with E-state index >= 15 is 0 Å². The van der Waals surface area contributed by atoms with Gasteiger partial charge in [0.2, 0.25) is 0 Å². The summed E-state index contributed by atoms with van der Waals surface area (Å²) in [5, 5.41) is 0.672. The van der Waals surface area contributed by atoms with Gasteiger partial charge >= 0.3 is 0 Å². The predicted octanol–water partition coefficient (Wildman–Crippen LogP) is 4.61. The Hall–Kier alpha value is -1.38. The quantitative estimate of drug-likeness (QED) is 0.727. The highest BCUT2D eigenvalue weighted by molar-refractivity contribution is 6.34. The molecule has 0 N–H and O–H groups in total. The van der Waals surface area contributed by atoms with Crippen LogP contribution in [0.25, 0.3) is 11.1 Å². The Balaban J connectivity index is 2.56. The lowest BCUT2D eigenvalue weighted by molar-refractivity contribution is 0.112. The van der Waals surface area contributed by atoms with Crippen molar-refractivity contribution >= 4 is 29.5 Å². The molecule has 0 aliphatic rings. The second-order valence-corrected chi connectivity index (χ2v) is 4.29. The smallest absolute Gasteiger partial charge is 0.151 e. The first kappa shape index (κ1) is 12.1. The molecule has 0 fully saturated rings. The summed E-state index contributed by atoms with van der Waals surface area (Å²) < 4.78 is 12.9. The second kappa shape index (κ2) is 4.86. The molecule has 0 bridgehead atoms. The lowest BCUT2D eigenvalue weighted by atomic mass is 10.0. The summed E-state index contributed by atoms with van der Waals surface area (Å²) in [5.41, 5.74) is 1.76. The van der Waals surface area contributed by atoms with Crippen LogP contribution in [0.1, 0.15) is 10.4 Å². The van der Waals surface area contributed by atoms with E-state index in [9.17, 15) is 9.18 Å². The molecule has 17 heavy (non-hydrogen) atoms. The van der Waals surface area contributed by atoms with Crippen LogP contribution in [0.4, 0.5) is 4.39 Å². The monoisotopic (exact) mass is 268 g/mol. The van der Waals surface area contributed by atoms with Crippen LogP contribution in [-0.2, 0) is 0 Å². The maximum Gasteiger partial charge on any atom is 0.151 e. The van der Waals surface area contributed by atoms with Gasteiger partial charge < -0.3 is 0 Å². The Labute approximate surface area is 108 Å². The summed E-state index contributed by atoms with van der Waals surface area (Å²) in [6.07, 6.45) is 0.670. The third-order valence-electron chi connectivity index (χ3n) is 2.37. The zero-order valence-electron chi connectivity index (χ0n) is 8.58. The summed E-state index contributed by atoms with van der Waals surface area (Å²) in [4.78, 5) is 10.8. The van der Waals surface area contributed by atoms with Gasteiger partial charge in [0.05, 0.1) is 10.0 Å². The number of carbonyl (C=O) groups excluding carboxylic acids is 1. The van der Waals surface area contributed by atoms with E-state index in [1.54, 1.807) is 24.3 Å². The number of hydrogen-bond acceptors (Lipinski definition) is 1. The largest absolute Gasteiger partial charge is 0.298 e. The Kier molecular flexibility index (Phi) is 3.46. The normalized spacial score (nSPS) is 10.3. The maximum absolute atomic E-state index is 12.9. The van der Waals surface area contributed by atoms with Crippen molar-refractivity contribution in [2.75, 3.05) is 0 Å². The molecule has 0 unspecified atom stereocenters. The minimum atomic E-state index is -0.400. The average Bonchev–Trinajstić information content (AvgIpc) is 2.30. The first-order chi connectivity index (χ1) is 8.11. The summed E-state index contributed by atoms with van der Waals surface area (Å²) in [7, 11) is 0. The molecule has 0 atom stereocenters. The number of hydrogen-bond donors (Lipinski definition) is 0. The molecule has 0 amide bonds. The van der Waals surface area contributed by atoms with Crippen molar-refractivity contribution in [3.8, 4) is 11.1 Å². The third kappa shape index (κ3) is 2.48. The number of aldehydes is 1. The summed E-state index contributed by atoms with van der Waals surface area (Å²) in [5.74, 6) is -0.400. The van der Waals surface area contributed by atoms with Gasteiger partial charge in [-0.2, -0.15) is 0 Å². The van der Waals surface area contributed by atoms with E-state index in [1.807, 2.05) is 0 Å². The van der Waals surface area contributed by atoms with Gasteiger partial charge in [0.1, 0.15) is 5.82 Å². The van der Waals surface area contributed by atoms with Gasteiger partial charge in [-0.25, -0.2) is 4.39 Å². The van der Waals surface area contributed by atoms with E-state index in [4.69, 9.17) is 23.2 Å². The molecular weight excluding hydrogens is 262 g/mol. The van der Waals surface area contributed by atoms with Crippen LogP contribution in [-0.4, -0.2) is 6.29 Å². The lowest BCUT2D eigenvalue weighted by Gasteiger charge is -2.06. The molecule has 0 aromatic heterocycles. The SMILES string of the molecule is O=Cc1cc(-c2ccc(F)cc2Cl)ccc1Cl. The van der Waals surface area contributed by atoms with Gasteiger partial charge in [0.25, 0.3) is 0 Å². The number of carbonyl (C=O) groups is 1. The molecule has 86 valence electrons. The van der Waals surface area contributed by atoms with Crippen molar-refractivity contribution in [2.24, 2.45) is 0 Å². The Morgan fingerprint density at radius 3 is 2.41 bits per heavy atom. The standard InChI is InChI=1S/C13H7Cl2FO/c14-12-4-1-8(5-9(12)7-17)11-3-2-10(16)6-13(11)15/h1-7H. The number of rotatable bonds is 2. The molecule has 0 spiro atoms. The van der Waals surface area contributed by atoms with E-state index in [1.165, 1.54) is 12.1 Å². The fourth-order valence-corrected chi connectivity index (χ4v) is 1.96. The maximum atomic E-state index is 12.9. The molecule has 4 heteroatoms. The first-order valence-corrected chi connectivity index (χ1v) is 5.57. The van der Waals surface area contributed by atoms with Crippen molar-refractivity contribution in [3.63, 3.8) is 0 Å². The highest BCUT2D eigenvalue weighted by atomic mass is 35.5. The van der Waals surface area contributed by atoms with E-state index in [-0.39, 0.29) is 0 Å². The first-order valence-electron chi connectivity index (χ1n) is 4.82. The van der Waals surface area contributed by atoms with Crippen molar-refractivity contribution in [2.45, 2.75) is 0 Å². The van der Waals surface area contributed by atoms with Crippen LogP contribution < -0.4 is 0 Å². The highest BCUT2D eigenvalue weighted by Gasteiger charge is 2.07. The van der Waals surface area contributed by atoms with Gasteiger partial charge in [-0.05, 0) is 35.9 Å². The van der Waals surface area contributed by atoms with Crippen LogP contribution in [0.2, 0.25) is 10.0 Å². The molecule has 0 heterocycles. The second-order valence-electron chi connectivity index (χ2n) is 3.48. The van der Waals surface area contributed by atoms with Crippen LogP contribution in [0.15, 0.2) is 36.4 Å². The van der Waals surface area contributed by atoms with Crippen molar-refractivity contribution in [1.82, 2.24) is 0 Å². The number of benzene rings is 2. The highest BCUT2D eigenvalue weighted by Crippen LogP contribution is 2.30. The summed E-state index contributed by atoms with van der Waals surface area (Å²) >= 11 is 11.8. The van der Waals surface area contributed by atoms with E-state index < -0.39 is 5.82 Å². The Bertz CT molecular complexity index is 582. The van der Waals surface area contributed by atoms with E-state index in [0.717, 1.165) is 5.56 Å². The fraction of sp³-hybridized carbons (Fsp3) is 0. The topological polar surface area (TPSA) is 17.1 Å². The average molecular weight is 269 g/mol. The summed E-state index contributed by atoms with van der Waals surface area (Å²) in [6, 6.07) is 9.07. The molecule has 2 aromatic rings. The zero-order chi connectivity index (χ0) is 12.4. The van der Waals surface area contributed by atoms with Gasteiger partial charge in [0, 0.05) is 11.1 Å². The van der Waals surface area contributed by atoms with Gasteiger partial charge in [-0.3, -0.25) is 4.79 Å². The molecule has 2 aromatic carbocycles. The lowest BCUT2D eigenvalue weighted by Crippen LogP contribution is -1.86. The molecule has 1 nitrogen and oxygen atoms in total. The Morgan fingerprint density at radius 1 is 1.00 bits per heavy atom. The molecule has 0 aliphatic carbocycles. The summed E-state index contributed by atoms with van der Waals surface area (Å²) in [6.45, 7) is 0. The molecule has 2 rings (SSSR count). The minimum Gasteiger partial charge on any atom is -0.298 e. The van der Waals surface area contributed by atoms with Crippen molar-refractivity contribution < 1.29 is 9.18 Å². The van der Waals surface area contributed by atoms with E-state index in [0.29, 0.717) is 27.5 Å². The number of halogens is 3. The predicted molar refractivity (Wildman–Crippen MR) is 67.2 cm³/mol. The van der Waals surface area contributed by atoms with Gasteiger partial charge in [-0.15, -0.1) is 0 Å². The van der Waals surface area contributed by atoms with Crippen LogP contribution in [0.3, 0.4) is 0 Å². The molecule has 0 saturated carbocycles. The van der Waals surface area contributed by atoms with Crippen molar-refractivity contribution in [1.29, 1.82) is 0 Å². The van der Waals surface area contributed by atoms with Crippen LogP contribution >= 0.6 is 23.2 Å². The zero-order valence-corrected chi connectivity index (χ0v) is 10.1. The molecule has 0 aliphatic heterocycles. The fourth-order valence-electron chi connectivity index (χ4n) is 1.53. The van der Waals surface area contributed by atoms with Crippen LogP contribution in [0, 0.1) is 5.82 Å². The molecule has 0 radical (unpaired) electrons. The third-order valence-corrected chi connectivity index (χ3v) is 3.02. The molecule has 0 saturated heterocycles. The Morgan fingerprint density at radius 2 is 1.76 bits per heavy atom. The minimum absolute atomic E-state index is 0.296. The van der Waals surface area contributed by atoms with Gasteiger partial charge in [0.15, 0.2) is 6.29 Å². The van der Waals surface area contributed by atoms with E-state index in [2.05, 4.69) is 0 Å².